The van der Waals surface area contributed by atoms with E-state index in [4.69, 9.17) is 15.2 Å². The van der Waals surface area contributed by atoms with Gasteiger partial charge in [0.2, 0.25) is 0 Å². The minimum absolute atomic E-state index is 0.530. The van der Waals surface area contributed by atoms with E-state index >= 15 is 0 Å². The van der Waals surface area contributed by atoms with Crippen molar-refractivity contribution in [3.8, 4) is 17.1 Å². The average Bonchev–Trinajstić information content (AvgIpc) is 2.84. The predicted molar refractivity (Wildman–Crippen MR) is 66.1 cm³/mol. The molecule has 0 spiro atoms. The fourth-order valence-corrected chi connectivity index (χ4v) is 1.63. The molecule has 0 saturated heterocycles. The Morgan fingerprint density at radius 3 is 2.89 bits per heavy atom. The van der Waals surface area contributed by atoms with Crippen LogP contribution < -0.4 is 10.5 Å². The van der Waals surface area contributed by atoms with Crippen molar-refractivity contribution >= 4 is 5.69 Å². The van der Waals surface area contributed by atoms with Gasteiger partial charge in [-0.1, -0.05) is 0 Å². The van der Waals surface area contributed by atoms with Gasteiger partial charge in [0.15, 0.2) is 5.82 Å². The smallest absolute Gasteiger partial charge is 0.185 e. The van der Waals surface area contributed by atoms with Gasteiger partial charge < -0.3 is 15.2 Å². The Balaban J connectivity index is 2.41. The second-order valence-electron chi connectivity index (χ2n) is 3.68. The fraction of sp³-hybridized carbons (Fsp3) is 0.364. The number of ether oxygens (including phenoxy) is 2. The van der Waals surface area contributed by atoms with Crippen LogP contribution in [-0.4, -0.2) is 41.0 Å². The lowest BCUT2D eigenvalue weighted by Gasteiger charge is -2.09. The summed E-state index contributed by atoms with van der Waals surface area (Å²) in [5.41, 5.74) is 7.17. The minimum Gasteiger partial charge on any atom is -0.496 e. The molecular formula is C11H15N5O2. The van der Waals surface area contributed by atoms with Gasteiger partial charge in [0.1, 0.15) is 5.75 Å². The monoisotopic (exact) mass is 249 g/mol. The Kier molecular flexibility index (Phi) is 3.73. The Morgan fingerprint density at radius 2 is 2.17 bits per heavy atom. The molecule has 0 atom stereocenters. The van der Waals surface area contributed by atoms with Gasteiger partial charge in [-0.2, -0.15) is 0 Å². The van der Waals surface area contributed by atoms with E-state index in [0.29, 0.717) is 30.4 Å². The number of hydrogen-bond acceptors (Lipinski definition) is 6. The van der Waals surface area contributed by atoms with Crippen LogP contribution in [0.15, 0.2) is 18.2 Å². The largest absolute Gasteiger partial charge is 0.496 e. The number of anilines is 1. The van der Waals surface area contributed by atoms with Gasteiger partial charge in [0.05, 0.1) is 25.8 Å². The summed E-state index contributed by atoms with van der Waals surface area (Å²) in [6, 6.07) is 5.35. The number of nitrogens with two attached hydrogens (primary N) is 1. The summed E-state index contributed by atoms with van der Waals surface area (Å²) >= 11 is 0. The van der Waals surface area contributed by atoms with Crippen LogP contribution in [0.1, 0.15) is 0 Å². The van der Waals surface area contributed by atoms with E-state index in [9.17, 15) is 0 Å². The van der Waals surface area contributed by atoms with Crippen LogP contribution in [0.3, 0.4) is 0 Å². The third kappa shape index (κ3) is 2.40. The maximum absolute atomic E-state index is 5.78. The molecule has 0 bridgehead atoms. The van der Waals surface area contributed by atoms with Crippen molar-refractivity contribution in [3.63, 3.8) is 0 Å². The average molecular weight is 249 g/mol. The molecule has 0 aliphatic rings. The lowest BCUT2D eigenvalue weighted by molar-refractivity contribution is 0.183. The van der Waals surface area contributed by atoms with Crippen molar-refractivity contribution in [2.75, 3.05) is 26.6 Å². The SMILES string of the molecule is COCCn1nnnc1-c1cc(N)ccc1OC. The molecule has 0 unspecified atom stereocenters. The van der Waals surface area contributed by atoms with Gasteiger partial charge in [0.25, 0.3) is 0 Å². The van der Waals surface area contributed by atoms with Crippen molar-refractivity contribution in [2.24, 2.45) is 0 Å². The van der Waals surface area contributed by atoms with Crippen molar-refractivity contribution < 1.29 is 9.47 Å². The molecule has 0 radical (unpaired) electrons. The summed E-state index contributed by atoms with van der Waals surface area (Å²) in [6.45, 7) is 1.10. The molecule has 0 fully saturated rings. The first kappa shape index (κ1) is 12.3. The molecule has 0 amide bonds. The quantitative estimate of drug-likeness (QED) is 0.780. The number of benzene rings is 1. The van der Waals surface area contributed by atoms with E-state index in [1.54, 1.807) is 37.1 Å². The van der Waals surface area contributed by atoms with E-state index in [2.05, 4.69) is 15.5 Å². The summed E-state index contributed by atoms with van der Waals surface area (Å²) in [5.74, 6) is 1.29. The van der Waals surface area contributed by atoms with Gasteiger partial charge in [-0.3, -0.25) is 0 Å². The highest BCUT2D eigenvalue weighted by Crippen LogP contribution is 2.29. The lowest BCUT2D eigenvalue weighted by atomic mass is 10.1. The minimum atomic E-state index is 0.530. The van der Waals surface area contributed by atoms with Crippen molar-refractivity contribution in [1.82, 2.24) is 20.2 Å². The van der Waals surface area contributed by atoms with Gasteiger partial charge in [-0.15, -0.1) is 5.10 Å². The molecule has 1 heterocycles. The number of tetrazole rings is 1. The Bertz CT molecular complexity index is 526. The maximum Gasteiger partial charge on any atom is 0.185 e. The molecule has 0 saturated carbocycles. The molecule has 2 aromatic rings. The van der Waals surface area contributed by atoms with Crippen LogP contribution >= 0.6 is 0 Å². The summed E-state index contributed by atoms with van der Waals surface area (Å²) in [6.07, 6.45) is 0. The summed E-state index contributed by atoms with van der Waals surface area (Å²) < 4.78 is 12.0. The van der Waals surface area contributed by atoms with Gasteiger partial charge >= 0.3 is 0 Å². The van der Waals surface area contributed by atoms with Gasteiger partial charge in [-0.25, -0.2) is 4.68 Å². The van der Waals surface area contributed by atoms with E-state index in [1.165, 1.54) is 0 Å². The number of nitrogens with zero attached hydrogens (tertiary/aromatic N) is 4. The second-order valence-corrected chi connectivity index (χ2v) is 3.68. The molecule has 2 rings (SSSR count). The summed E-state index contributed by atoms with van der Waals surface area (Å²) in [4.78, 5) is 0. The molecule has 1 aromatic carbocycles. The predicted octanol–water partition coefficient (Wildman–Crippen LogP) is 0.577. The molecule has 0 aliphatic carbocycles. The Morgan fingerprint density at radius 1 is 1.33 bits per heavy atom. The zero-order valence-corrected chi connectivity index (χ0v) is 10.3. The first-order chi connectivity index (χ1) is 8.76. The Labute approximate surface area is 104 Å². The third-order valence-corrected chi connectivity index (χ3v) is 2.50. The van der Waals surface area contributed by atoms with Crippen LogP contribution in [0.2, 0.25) is 0 Å². The number of rotatable bonds is 5. The van der Waals surface area contributed by atoms with E-state index in [0.717, 1.165) is 5.56 Å². The molecule has 18 heavy (non-hydrogen) atoms. The van der Waals surface area contributed by atoms with Crippen molar-refractivity contribution in [1.29, 1.82) is 0 Å². The van der Waals surface area contributed by atoms with Crippen LogP contribution in [-0.2, 0) is 11.3 Å². The van der Waals surface area contributed by atoms with Gasteiger partial charge in [-0.05, 0) is 28.6 Å². The normalized spacial score (nSPS) is 10.6. The molecule has 2 N–H and O–H groups in total. The highest BCUT2D eigenvalue weighted by molar-refractivity contribution is 5.68. The highest BCUT2D eigenvalue weighted by atomic mass is 16.5. The number of nitrogen functional groups attached to an aromatic ring is 1. The van der Waals surface area contributed by atoms with Gasteiger partial charge in [0, 0.05) is 12.8 Å². The molecule has 1 aromatic heterocycles. The van der Waals surface area contributed by atoms with E-state index < -0.39 is 0 Å². The van der Waals surface area contributed by atoms with E-state index in [1.807, 2.05) is 0 Å². The van der Waals surface area contributed by atoms with E-state index in [-0.39, 0.29) is 0 Å². The second kappa shape index (κ2) is 5.46. The van der Waals surface area contributed by atoms with Crippen molar-refractivity contribution in [3.05, 3.63) is 18.2 Å². The van der Waals surface area contributed by atoms with Crippen LogP contribution in [0, 0.1) is 0 Å². The van der Waals surface area contributed by atoms with Crippen LogP contribution in [0.5, 0.6) is 5.75 Å². The third-order valence-electron chi connectivity index (χ3n) is 2.50. The summed E-state index contributed by atoms with van der Waals surface area (Å²) in [7, 11) is 3.23. The zero-order chi connectivity index (χ0) is 13.0. The Hall–Kier alpha value is -2.15. The molecular weight excluding hydrogens is 234 g/mol. The molecule has 7 nitrogen and oxygen atoms in total. The molecule has 96 valence electrons. The first-order valence-corrected chi connectivity index (χ1v) is 5.45. The zero-order valence-electron chi connectivity index (χ0n) is 10.3. The molecule has 0 aliphatic heterocycles. The molecule has 7 heteroatoms. The first-order valence-electron chi connectivity index (χ1n) is 5.45. The van der Waals surface area contributed by atoms with Crippen LogP contribution in [0.25, 0.3) is 11.4 Å². The van der Waals surface area contributed by atoms with Crippen LogP contribution in [0.4, 0.5) is 5.69 Å². The lowest BCUT2D eigenvalue weighted by Crippen LogP contribution is -2.08. The fourth-order valence-electron chi connectivity index (χ4n) is 1.63. The summed E-state index contributed by atoms with van der Waals surface area (Å²) in [5, 5.41) is 11.6. The number of hydrogen-bond donors (Lipinski definition) is 1. The number of aromatic nitrogens is 4. The van der Waals surface area contributed by atoms with Crippen molar-refractivity contribution in [2.45, 2.75) is 6.54 Å². The highest BCUT2D eigenvalue weighted by Gasteiger charge is 2.14. The standard InChI is InChI=1S/C11H15N5O2/c1-17-6-5-16-11(13-14-15-16)9-7-8(12)3-4-10(9)18-2/h3-4,7H,5-6,12H2,1-2H3. The maximum atomic E-state index is 5.78. The topological polar surface area (TPSA) is 88.1 Å². The number of methoxy groups -OCH3 is 2.